The fourth-order valence-corrected chi connectivity index (χ4v) is 5.93. The van der Waals surface area contributed by atoms with E-state index in [1.54, 1.807) is 18.9 Å². The Morgan fingerprint density at radius 2 is 1.74 bits per heavy atom. The molecule has 0 bridgehead atoms. The predicted octanol–water partition coefficient (Wildman–Crippen LogP) is 8.09. The molecule has 8 heteroatoms. The molecule has 0 radical (unpaired) electrons. The van der Waals surface area contributed by atoms with Gasteiger partial charge in [-0.3, -0.25) is 9.05 Å². The number of nitrogens with zero attached hydrogens (tertiary/aromatic N) is 1. The van der Waals surface area contributed by atoms with Crippen LogP contribution in [0.25, 0.3) is 11.8 Å². The van der Waals surface area contributed by atoms with Crippen LogP contribution in [0.3, 0.4) is 0 Å². The molecule has 1 heterocycles. The Kier molecular flexibility index (Phi) is 10.6. The van der Waals surface area contributed by atoms with E-state index in [0.717, 1.165) is 40.2 Å². The van der Waals surface area contributed by atoms with Gasteiger partial charge in [-0.05, 0) is 36.3 Å². The Labute approximate surface area is 206 Å². The summed E-state index contributed by atoms with van der Waals surface area (Å²) >= 11 is 1.57. The van der Waals surface area contributed by atoms with Gasteiger partial charge in [-0.2, -0.15) is 5.26 Å². The Balaban J connectivity index is 1.84. The van der Waals surface area contributed by atoms with E-state index >= 15 is 0 Å². The zero-order valence-electron chi connectivity index (χ0n) is 19.8. The fourth-order valence-electron chi connectivity index (χ4n) is 3.55. The summed E-state index contributed by atoms with van der Waals surface area (Å²) in [5.74, 6) is 1.08. The molecule has 0 amide bonds. The highest BCUT2D eigenvalue weighted by atomic mass is 32.2. The smallest absolute Gasteiger partial charge is 0.496 e. The van der Waals surface area contributed by atoms with Crippen molar-refractivity contribution < 1.29 is 22.9 Å². The average Bonchev–Trinajstić information content (AvgIpc) is 3.00. The second-order valence-corrected chi connectivity index (χ2v) is 10.5. The second kappa shape index (κ2) is 13.6. The van der Waals surface area contributed by atoms with Gasteiger partial charge in [0, 0.05) is 10.5 Å². The lowest BCUT2D eigenvalue weighted by molar-refractivity contribution is 0.148. The van der Waals surface area contributed by atoms with Gasteiger partial charge < -0.3 is 9.26 Å². The molecule has 0 spiro atoms. The number of rotatable bonds is 14. The molecular formula is C26H32NO5PS. The zero-order chi connectivity index (χ0) is 24.2. The number of unbranched alkanes of at least 4 members (excludes halogenated alkanes) is 5. The van der Waals surface area contributed by atoms with Crippen LogP contribution < -0.4 is 4.74 Å². The van der Waals surface area contributed by atoms with Crippen LogP contribution in [0.4, 0.5) is 0 Å². The van der Waals surface area contributed by atoms with E-state index in [1.807, 2.05) is 54.6 Å². The summed E-state index contributed by atoms with van der Waals surface area (Å²) in [7, 11) is -2.34. The Morgan fingerprint density at radius 1 is 0.971 bits per heavy atom. The third-order valence-corrected chi connectivity index (χ3v) is 7.94. The maximum Gasteiger partial charge on any atom is 0.530 e. The van der Waals surface area contributed by atoms with Crippen LogP contribution >= 0.6 is 19.6 Å². The summed E-state index contributed by atoms with van der Waals surface area (Å²) < 4.78 is 36.5. The summed E-state index contributed by atoms with van der Waals surface area (Å²) in [6.45, 7) is 2.41. The number of fused-ring (bicyclic) bond motifs is 2. The number of nitriles is 1. The van der Waals surface area contributed by atoms with Gasteiger partial charge in [0.2, 0.25) is 0 Å². The van der Waals surface area contributed by atoms with E-state index in [1.165, 1.54) is 19.3 Å². The fraction of sp³-hybridized carbons (Fsp3) is 0.423. The number of methoxy groups -OCH3 is 1. The minimum absolute atomic E-state index is 0.0339. The van der Waals surface area contributed by atoms with Gasteiger partial charge in [-0.1, -0.05) is 75.1 Å². The molecule has 0 aromatic heterocycles. The molecule has 1 atom stereocenters. The summed E-state index contributed by atoms with van der Waals surface area (Å²) in [5.41, 5.74) is 1.67. The minimum atomic E-state index is -3.96. The number of hydrogen-bond donors (Lipinski definition) is 0. The van der Waals surface area contributed by atoms with Gasteiger partial charge in [0.05, 0.1) is 37.7 Å². The molecule has 182 valence electrons. The molecule has 0 aliphatic carbocycles. The number of phosphoric acid groups is 1. The summed E-state index contributed by atoms with van der Waals surface area (Å²) in [6.07, 6.45) is 8.41. The van der Waals surface area contributed by atoms with Crippen LogP contribution in [0.15, 0.2) is 52.3 Å². The first-order valence-electron chi connectivity index (χ1n) is 11.7. The summed E-state index contributed by atoms with van der Waals surface area (Å²) in [5, 5.41) is 8.91. The summed E-state index contributed by atoms with van der Waals surface area (Å²) in [4.78, 5) is 1.89. The predicted molar refractivity (Wildman–Crippen MR) is 136 cm³/mol. The maximum absolute atomic E-state index is 13.6. The molecule has 0 saturated carbocycles. The molecule has 6 nitrogen and oxygen atoms in total. The minimum Gasteiger partial charge on any atom is -0.496 e. The van der Waals surface area contributed by atoms with Gasteiger partial charge in [-0.25, -0.2) is 4.57 Å². The monoisotopic (exact) mass is 501 g/mol. The molecule has 2 aromatic carbocycles. The second-order valence-electron chi connectivity index (χ2n) is 7.87. The third kappa shape index (κ3) is 7.38. The molecule has 0 N–H and O–H groups in total. The van der Waals surface area contributed by atoms with E-state index in [4.69, 9.17) is 23.6 Å². The molecule has 34 heavy (non-hydrogen) atoms. The van der Waals surface area contributed by atoms with Crippen LogP contribution in [0.5, 0.6) is 5.75 Å². The van der Waals surface area contributed by atoms with Crippen LogP contribution in [-0.2, 0) is 18.1 Å². The molecule has 3 rings (SSSR count). The zero-order valence-corrected chi connectivity index (χ0v) is 21.5. The molecule has 1 unspecified atom stereocenters. The largest absolute Gasteiger partial charge is 0.530 e. The first kappa shape index (κ1) is 26.4. The van der Waals surface area contributed by atoms with Crippen molar-refractivity contribution in [3.63, 3.8) is 0 Å². The van der Waals surface area contributed by atoms with Crippen molar-refractivity contribution in [1.29, 1.82) is 5.26 Å². The highest BCUT2D eigenvalue weighted by Gasteiger charge is 2.32. The van der Waals surface area contributed by atoms with Crippen molar-refractivity contribution in [3.8, 4) is 11.8 Å². The molecule has 1 aliphatic rings. The van der Waals surface area contributed by atoms with Crippen LogP contribution in [0, 0.1) is 11.3 Å². The van der Waals surface area contributed by atoms with Gasteiger partial charge in [-0.15, -0.1) is 0 Å². The molecule has 2 aromatic rings. The highest BCUT2D eigenvalue weighted by molar-refractivity contribution is 7.99. The van der Waals surface area contributed by atoms with Gasteiger partial charge in [0.25, 0.3) is 0 Å². The van der Waals surface area contributed by atoms with Crippen LogP contribution in [0.1, 0.15) is 63.0 Å². The normalized spacial score (nSPS) is 14.1. The van der Waals surface area contributed by atoms with Crippen molar-refractivity contribution >= 4 is 31.4 Å². The maximum atomic E-state index is 13.6. The van der Waals surface area contributed by atoms with E-state index < -0.39 is 7.82 Å². The van der Waals surface area contributed by atoms with E-state index in [2.05, 4.69) is 6.92 Å². The number of hydrogen-bond acceptors (Lipinski definition) is 7. The van der Waals surface area contributed by atoms with Crippen LogP contribution in [0.2, 0.25) is 0 Å². The van der Waals surface area contributed by atoms with E-state index in [-0.39, 0.29) is 19.6 Å². The van der Waals surface area contributed by atoms with Crippen molar-refractivity contribution in [2.45, 2.75) is 61.7 Å². The Hall–Kier alpha value is -2.23. The lowest BCUT2D eigenvalue weighted by Gasteiger charge is -2.21. The van der Waals surface area contributed by atoms with Crippen LogP contribution in [-0.4, -0.2) is 20.3 Å². The topological polar surface area (TPSA) is 77.8 Å². The molecular weight excluding hydrogens is 469 g/mol. The average molecular weight is 502 g/mol. The first-order chi connectivity index (χ1) is 16.6. The van der Waals surface area contributed by atoms with E-state index in [0.29, 0.717) is 11.5 Å². The number of phosphoric ester groups is 1. The highest BCUT2D eigenvalue weighted by Crippen LogP contribution is 2.56. The first-order valence-corrected chi connectivity index (χ1v) is 14.0. The third-order valence-electron chi connectivity index (χ3n) is 5.30. The Bertz CT molecular complexity index is 1070. The van der Waals surface area contributed by atoms with Crippen molar-refractivity contribution in [2.75, 3.05) is 20.3 Å². The number of ether oxygens (including phenoxy) is 1. The molecule has 0 fully saturated rings. The molecule has 0 saturated heterocycles. The number of benzene rings is 2. The quantitative estimate of drug-likeness (QED) is 0.191. The van der Waals surface area contributed by atoms with Crippen molar-refractivity contribution in [1.82, 2.24) is 0 Å². The van der Waals surface area contributed by atoms with Crippen molar-refractivity contribution in [3.05, 3.63) is 53.6 Å². The van der Waals surface area contributed by atoms with Gasteiger partial charge in [0.15, 0.2) is 0 Å². The van der Waals surface area contributed by atoms with Gasteiger partial charge in [0.1, 0.15) is 11.5 Å². The lowest BCUT2D eigenvalue weighted by atomic mass is 10.1. The van der Waals surface area contributed by atoms with Gasteiger partial charge >= 0.3 is 7.82 Å². The summed E-state index contributed by atoms with van der Waals surface area (Å²) in [6, 6.07) is 15.6. The standard InChI is InChI=1S/C26H32NO5PS/c1-3-4-5-6-7-10-18-30-33(28,31-19-12-17-27)32-24-20-21-13-8-9-16-25(21)34-26-22(24)14-11-15-23(26)29-2/h8-9,11,13-16,20H,3-7,10,12,18-19H2,1-2H3. The SMILES string of the molecule is CCCCCCCCOP(=O)(OCCC#N)OC1=Cc2ccccc2Sc2c(OC)cccc21. The Morgan fingerprint density at radius 3 is 2.53 bits per heavy atom. The lowest BCUT2D eigenvalue weighted by Crippen LogP contribution is -2.03. The van der Waals surface area contributed by atoms with Crippen molar-refractivity contribution in [2.24, 2.45) is 0 Å². The van der Waals surface area contributed by atoms with E-state index in [9.17, 15) is 4.57 Å². The molecule has 1 aliphatic heterocycles.